The molecule has 2 rings (SSSR count). The molecule has 0 heterocycles. The van der Waals surface area contributed by atoms with Crippen LogP contribution >= 0.6 is 0 Å². The highest BCUT2D eigenvalue weighted by Crippen LogP contribution is 2.37. The summed E-state index contributed by atoms with van der Waals surface area (Å²) in [5, 5.41) is 0. The molecule has 0 aliphatic heterocycles. The molecule has 1 fully saturated rings. The lowest BCUT2D eigenvalue weighted by molar-refractivity contribution is -0.180. The van der Waals surface area contributed by atoms with Gasteiger partial charge in [0, 0.05) is 7.11 Å². The number of esters is 1. The summed E-state index contributed by atoms with van der Waals surface area (Å²) in [6.07, 6.45) is 3.19. The van der Waals surface area contributed by atoms with Gasteiger partial charge in [0.1, 0.15) is 11.9 Å². The van der Waals surface area contributed by atoms with E-state index in [2.05, 4.69) is 20.8 Å². The fourth-order valence-corrected chi connectivity index (χ4v) is 3.74. The van der Waals surface area contributed by atoms with Crippen LogP contribution in [0.1, 0.15) is 52.5 Å². The summed E-state index contributed by atoms with van der Waals surface area (Å²) in [7, 11) is 3.16. The van der Waals surface area contributed by atoms with Gasteiger partial charge in [-0.25, -0.2) is 4.79 Å². The number of methoxy groups -OCH3 is 2. The van der Waals surface area contributed by atoms with Crippen LogP contribution in [0.15, 0.2) is 24.3 Å². The summed E-state index contributed by atoms with van der Waals surface area (Å²) in [6.45, 7) is 8.41. The van der Waals surface area contributed by atoms with E-state index >= 15 is 0 Å². The fourth-order valence-electron chi connectivity index (χ4n) is 3.74. The molecule has 0 amide bonds. The third-order valence-corrected chi connectivity index (χ3v) is 5.64. The molecular weight excluding hydrogens is 316 g/mol. The van der Waals surface area contributed by atoms with Crippen LogP contribution in [0.3, 0.4) is 0 Å². The van der Waals surface area contributed by atoms with Crippen LogP contribution in [0.4, 0.5) is 0 Å². The van der Waals surface area contributed by atoms with Gasteiger partial charge in [-0.2, -0.15) is 0 Å². The van der Waals surface area contributed by atoms with Crippen molar-refractivity contribution in [3.8, 4) is 5.75 Å². The molecule has 1 aliphatic rings. The highest BCUT2D eigenvalue weighted by molar-refractivity contribution is 5.81. The van der Waals surface area contributed by atoms with E-state index in [0.29, 0.717) is 23.5 Å². The third kappa shape index (κ3) is 4.35. The molecule has 25 heavy (non-hydrogen) atoms. The van der Waals surface area contributed by atoms with Crippen molar-refractivity contribution in [2.24, 2.45) is 17.8 Å². The molecule has 140 valence electrons. The highest BCUT2D eigenvalue weighted by Gasteiger charge is 2.41. The lowest BCUT2D eigenvalue weighted by atomic mass is 9.75. The van der Waals surface area contributed by atoms with Crippen molar-refractivity contribution in [3.63, 3.8) is 0 Å². The van der Waals surface area contributed by atoms with E-state index in [0.717, 1.165) is 18.4 Å². The second-order valence-electron chi connectivity index (χ2n) is 7.74. The second-order valence-corrected chi connectivity index (χ2v) is 7.74. The average Bonchev–Trinajstić information content (AvgIpc) is 2.60. The van der Waals surface area contributed by atoms with E-state index < -0.39 is 5.60 Å². The Morgan fingerprint density at radius 3 is 2.56 bits per heavy atom. The van der Waals surface area contributed by atoms with Crippen molar-refractivity contribution in [3.05, 3.63) is 29.8 Å². The molecule has 4 atom stereocenters. The molecule has 0 N–H and O–H groups in total. The maximum Gasteiger partial charge on any atom is 0.343 e. The minimum atomic E-state index is -1.14. The SMILES string of the molecule is COc1cccc([C@](C)(OC)C(=O)O[C@@H]2C[C@H](C)CC[C@H]2C(C)C)c1. The number of hydrogen-bond donors (Lipinski definition) is 0. The first-order valence-corrected chi connectivity index (χ1v) is 9.22. The third-order valence-electron chi connectivity index (χ3n) is 5.64. The molecule has 4 nitrogen and oxygen atoms in total. The highest BCUT2D eigenvalue weighted by atomic mass is 16.6. The number of carbonyl (C=O) groups excluding carboxylic acids is 1. The Bertz CT molecular complexity index is 583. The van der Waals surface area contributed by atoms with Gasteiger partial charge in [0.15, 0.2) is 5.60 Å². The van der Waals surface area contributed by atoms with Gasteiger partial charge in [0.25, 0.3) is 0 Å². The maximum atomic E-state index is 13.1. The molecule has 1 aliphatic carbocycles. The Balaban J connectivity index is 2.22. The van der Waals surface area contributed by atoms with Crippen LogP contribution in [0.5, 0.6) is 5.75 Å². The smallest absolute Gasteiger partial charge is 0.343 e. The van der Waals surface area contributed by atoms with Gasteiger partial charge in [-0.3, -0.25) is 0 Å². The van der Waals surface area contributed by atoms with Crippen LogP contribution in [0.25, 0.3) is 0 Å². The van der Waals surface area contributed by atoms with Gasteiger partial charge in [0.2, 0.25) is 0 Å². The van der Waals surface area contributed by atoms with E-state index in [9.17, 15) is 4.79 Å². The summed E-state index contributed by atoms with van der Waals surface area (Å²) < 4.78 is 16.9. The number of benzene rings is 1. The molecule has 0 radical (unpaired) electrons. The van der Waals surface area contributed by atoms with Crippen LogP contribution in [-0.2, 0) is 19.9 Å². The lowest BCUT2D eigenvalue weighted by Gasteiger charge is -2.38. The molecule has 0 saturated heterocycles. The van der Waals surface area contributed by atoms with Crippen LogP contribution < -0.4 is 4.74 Å². The molecule has 1 saturated carbocycles. The van der Waals surface area contributed by atoms with Crippen molar-refractivity contribution < 1.29 is 19.0 Å². The molecule has 1 aromatic rings. The van der Waals surface area contributed by atoms with Gasteiger partial charge in [-0.05, 0) is 55.2 Å². The summed E-state index contributed by atoms with van der Waals surface area (Å²) >= 11 is 0. The first-order chi connectivity index (χ1) is 11.8. The summed E-state index contributed by atoms with van der Waals surface area (Å²) in [5.41, 5.74) is -0.402. The van der Waals surface area contributed by atoms with Crippen LogP contribution in [0, 0.1) is 17.8 Å². The van der Waals surface area contributed by atoms with Crippen molar-refractivity contribution in [2.75, 3.05) is 14.2 Å². The summed E-state index contributed by atoms with van der Waals surface area (Å²) in [4.78, 5) is 13.1. The zero-order valence-electron chi connectivity index (χ0n) is 16.4. The minimum Gasteiger partial charge on any atom is -0.497 e. The number of rotatable bonds is 6. The molecule has 0 unspecified atom stereocenters. The average molecular weight is 348 g/mol. The summed E-state index contributed by atoms with van der Waals surface area (Å²) in [5.74, 6) is 1.86. The first-order valence-electron chi connectivity index (χ1n) is 9.22. The topological polar surface area (TPSA) is 44.8 Å². The normalized spacial score (nSPS) is 26.1. The van der Waals surface area contributed by atoms with Crippen molar-refractivity contribution in [1.82, 2.24) is 0 Å². The van der Waals surface area contributed by atoms with E-state index in [1.807, 2.05) is 24.3 Å². The molecule has 0 spiro atoms. The zero-order chi connectivity index (χ0) is 18.6. The number of hydrogen-bond acceptors (Lipinski definition) is 4. The van der Waals surface area contributed by atoms with E-state index in [4.69, 9.17) is 14.2 Å². The monoisotopic (exact) mass is 348 g/mol. The van der Waals surface area contributed by atoms with E-state index in [1.165, 1.54) is 6.42 Å². The second kappa shape index (κ2) is 8.22. The van der Waals surface area contributed by atoms with Crippen molar-refractivity contribution in [2.45, 2.75) is 58.7 Å². The van der Waals surface area contributed by atoms with Gasteiger partial charge < -0.3 is 14.2 Å². The summed E-state index contributed by atoms with van der Waals surface area (Å²) in [6, 6.07) is 7.41. The van der Waals surface area contributed by atoms with Gasteiger partial charge in [0.05, 0.1) is 7.11 Å². The van der Waals surface area contributed by atoms with Gasteiger partial charge >= 0.3 is 5.97 Å². The molecule has 1 aromatic carbocycles. The quantitative estimate of drug-likeness (QED) is 0.707. The molecular formula is C21H32O4. The Kier molecular flexibility index (Phi) is 6.50. The Morgan fingerprint density at radius 1 is 1.24 bits per heavy atom. The number of carbonyl (C=O) groups is 1. The lowest BCUT2D eigenvalue weighted by Crippen LogP contribution is -2.43. The molecule has 4 heteroatoms. The van der Waals surface area contributed by atoms with E-state index in [1.54, 1.807) is 21.1 Å². The molecule has 0 aromatic heterocycles. The number of ether oxygens (including phenoxy) is 3. The van der Waals surface area contributed by atoms with Crippen molar-refractivity contribution in [1.29, 1.82) is 0 Å². The Morgan fingerprint density at radius 2 is 1.96 bits per heavy atom. The van der Waals surface area contributed by atoms with Crippen LogP contribution in [0.2, 0.25) is 0 Å². The van der Waals surface area contributed by atoms with Gasteiger partial charge in [-0.15, -0.1) is 0 Å². The maximum absolute atomic E-state index is 13.1. The zero-order valence-corrected chi connectivity index (χ0v) is 16.4. The van der Waals surface area contributed by atoms with Crippen molar-refractivity contribution >= 4 is 5.97 Å². The largest absolute Gasteiger partial charge is 0.497 e. The predicted octanol–water partition coefficient (Wildman–Crippen LogP) is 4.56. The Hall–Kier alpha value is -1.55. The van der Waals surface area contributed by atoms with Gasteiger partial charge in [-0.1, -0.05) is 39.3 Å². The fraction of sp³-hybridized carbons (Fsp3) is 0.667. The van der Waals surface area contributed by atoms with Crippen LogP contribution in [-0.4, -0.2) is 26.3 Å². The minimum absolute atomic E-state index is 0.0451. The standard InChI is InChI=1S/C21H32O4/c1-14(2)18-11-10-15(3)12-19(18)25-20(22)21(4,24-6)16-8-7-9-17(13-16)23-5/h7-9,13-15,18-19H,10-12H2,1-6H3/t15-,18+,19-,21+/m1/s1. The molecule has 0 bridgehead atoms. The first kappa shape index (κ1) is 19.8. The predicted molar refractivity (Wildman–Crippen MR) is 98.6 cm³/mol. The van der Waals surface area contributed by atoms with E-state index in [-0.39, 0.29) is 12.1 Å². The Labute approximate surface area is 151 Å².